The number of rotatable bonds is 2. The van der Waals surface area contributed by atoms with Crippen molar-refractivity contribution in [2.24, 2.45) is 5.92 Å². The van der Waals surface area contributed by atoms with E-state index in [1.807, 2.05) is 13.0 Å². The number of fused-ring (bicyclic) bond motifs is 3. The van der Waals surface area contributed by atoms with Gasteiger partial charge in [0.2, 0.25) is 0 Å². The van der Waals surface area contributed by atoms with E-state index in [1.54, 1.807) is 0 Å². The summed E-state index contributed by atoms with van der Waals surface area (Å²) in [5.41, 5.74) is 5.21. The molecule has 0 aromatic heterocycles. The summed E-state index contributed by atoms with van der Waals surface area (Å²) < 4.78 is 6.01. The lowest BCUT2D eigenvalue weighted by atomic mass is 9.76. The fraction of sp³-hybridized carbons (Fsp3) is 0.286. The molecule has 1 aliphatic carbocycles. The Labute approximate surface area is 156 Å². The smallest absolute Gasteiger partial charge is 0.338 e. The molecule has 25 heavy (non-hydrogen) atoms. The van der Waals surface area contributed by atoms with Crippen LogP contribution in [0.4, 0.5) is 5.69 Å². The predicted octanol–water partition coefficient (Wildman–Crippen LogP) is 5.37. The molecular weight excluding hydrogens is 378 g/mol. The zero-order valence-electron chi connectivity index (χ0n) is 14.3. The number of esters is 1. The van der Waals surface area contributed by atoms with Crippen molar-refractivity contribution >= 4 is 27.6 Å². The van der Waals surface area contributed by atoms with Crippen molar-refractivity contribution < 1.29 is 9.53 Å². The normalized spacial score (nSPS) is 23.6. The number of carbonyl (C=O) groups excluding carboxylic acids is 1. The van der Waals surface area contributed by atoms with E-state index < -0.39 is 0 Å². The molecule has 2 aliphatic rings. The first-order chi connectivity index (χ1) is 12.1. The molecule has 4 heteroatoms. The highest BCUT2D eigenvalue weighted by Crippen LogP contribution is 2.51. The van der Waals surface area contributed by atoms with Gasteiger partial charge < -0.3 is 10.1 Å². The van der Waals surface area contributed by atoms with Crippen molar-refractivity contribution in [2.45, 2.75) is 25.3 Å². The number of nitrogens with one attached hydrogen (secondary N) is 1. The highest BCUT2D eigenvalue weighted by Gasteiger charge is 2.38. The summed E-state index contributed by atoms with van der Waals surface area (Å²) in [6.07, 6.45) is 5.66. The highest BCUT2D eigenvalue weighted by molar-refractivity contribution is 9.10. The predicted molar refractivity (Wildman–Crippen MR) is 103 cm³/mol. The van der Waals surface area contributed by atoms with Crippen LogP contribution in [0, 0.1) is 12.8 Å². The minimum Gasteiger partial charge on any atom is -0.465 e. The molecule has 1 aliphatic heterocycles. The van der Waals surface area contributed by atoms with Crippen molar-refractivity contribution in [1.82, 2.24) is 0 Å². The number of benzene rings is 2. The van der Waals surface area contributed by atoms with E-state index in [-0.39, 0.29) is 12.0 Å². The van der Waals surface area contributed by atoms with Crippen LogP contribution in [0.25, 0.3) is 0 Å². The lowest BCUT2D eigenvalue weighted by Crippen LogP contribution is -2.30. The Kier molecular flexibility index (Phi) is 4.16. The first-order valence-electron chi connectivity index (χ1n) is 8.50. The van der Waals surface area contributed by atoms with E-state index in [0.717, 1.165) is 22.1 Å². The van der Waals surface area contributed by atoms with Gasteiger partial charge in [0, 0.05) is 16.1 Å². The zero-order chi connectivity index (χ0) is 17.6. The summed E-state index contributed by atoms with van der Waals surface area (Å²) in [6, 6.07) is 12.7. The molecule has 0 unspecified atom stereocenters. The standard InChI is InChI=1S/C21H20BrNO2/c1-12-15(21(24)25-2)10-11-18-16-4-3-5-17(16)20(23-19(12)18)13-6-8-14(22)9-7-13/h3-4,6-11,16-17,20,23H,5H2,1-2H3/t16-,17+,20+/m0/s1. The SMILES string of the molecule is COC(=O)c1ccc2c(c1C)N[C@H](c1ccc(Br)cc1)[C@@H]1CC=C[C@H]21. The molecule has 0 saturated heterocycles. The monoisotopic (exact) mass is 397 g/mol. The van der Waals surface area contributed by atoms with Crippen LogP contribution in [0.3, 0.4) is 0 Å². The van der Waals surface area contributed by atoms with Gasteiger partial charge in [-0.05, 0) is 54.2 Å². The minimum absolute atomic E-state index is 0.229. The molecular formula is C21H20BrNO2. The van der Waals surface area contributed by atoms with Gasteiger partial charge in [0.05, 0.1) is 18.7 Å². The van der Waals surface area contributed by atoms with Crippen LogP contribution in [0.5, 0.6) is 0 Å². The Morgan fingerprint density at radius 2 is 1.96 bits per heavy atom. The molecule has 4 rings (SSSR count). The number of hydrogen-bond donors (Lipinski definition) is 1. The average Bonchev–Trinajstić information content (AvgIpc) is 3.12. The van der Waals surface area contributed by atoms with Crippen LogP contribution in [0.2, 0.25) is 0 Å². The molecule has 3 nitrogen and oxygen atoms in total. The van der Waals surface area contributed by atoms with Gasteiger partial charge in [-0.15, -0.1) is 0 Å². The van der Waals surface area contributed by atoms with Gasteiger partial charge in [0.15, 0.2) is 0 Å². The molecule has 0 bridgehead atoms. The topological polar surface area (TPSA) is 38.3 Å². The Hall–Kier alpha value is -2.07. The van der Waals surface area contributed by atoms with Crippen LogP contribution in [-0.4, -0.2) is 13.1 Å². The van der Waals surface area contributed by atoms with Crippen molar-refractivity contribution in [2.75, 3.05) is 12.4 Å². The Bertz CT molecular complexity index is 857. The maximum Gasteiger partial charge on any atom is 0.338 e. The van der Waals surface area contributed by atoms with Crippen molar-refractivity contribution in [3.8, 4) is 0 Å². The first-order valence-corrected chi connectivity index (χ1v) is 9.30. The summed E-state index contributed by atoms with van der Waals surface area (Å²) in [4.78, 5) is 12.1. The van der Waals surface area contributed by atoms with Crippen molar-refractivity contribution in [1.29, 1.82) is 0 Å². The number of hydrogen-bond acceptors (Lipinski definition) is 3. The fourth-order valence-corrected chi connectivity index (χ4v) is 4.41. The third-order valence-corrected chi connectivity index (χ3v) is 5.96. The summed E-state index contributed by atoms with van der Waals surface area (Å²) in [7, 11) is 1.43. The molecule has 1 heterocycles. The molecule has 2 aromatic carbocycles. The molecule has 0 spiro atoms. The molecule has 128 valence electrons. The van der Waals surface area contributed by atoms with Crippen molar-refractivity contribution in [3.63, 3.8) is 0 Å². The molecule has 3 atom stereocenters. The van der Waals surface area contributed by atoms with E-state index in [4.69, 9.17) is 4.74 Å². The van der Waals surface area contributed by atoms with Crippen LogP contribution in [-0.2, 0) is 4.74 Å². The lowest BCUT2D eigenvalue weighted by molar-refractivity contribution is 0.0600. The van der Waals surface area contributed by atoms with E-state index >= 15 is 0 Å². The fourth-order valence-electron chi connectivity index (χ4n) is 4.15. The molecule has 0 radical (unpaired) electrons. The average molecular weight is 398 g/mol. The second-order valence-electron chi connectivity index (χ2n) is 6.72. The number of anilines is 1. The van der Waals surface area contributed by atoms with Gasteiger partial charge in [-0.25, -0.2) is 4.79 Å². The van der Waals surface area contributed by atoms with Crippen LogP contribution in [0.1, 0.15) is 45.4 Å². The summed E-state index contributed by atoms with van der Waals surface area (Å²) in [5, 5.41) is 3.73. The van der Waals surface area contributed by atoms with E-state index in [2.05, 4.69) is 63.7 Å². The first kappa shape index (κ1) is 16.4. The van der Waals surface area contributed by atoms with Gasteiger partial charge in [-0.3, -0.25) is 0 Å². The molecule has 0 amide bonds. The third kappa shape index (κ3) is 2.69. The molecule has 1 N–H and O–H groups in total. The minimum atomic E-state index is -0.286. The number of ether oxygens (including phenoxy) is 1. The van der Waals surface area contributed by atoms with Gasteiger partial charge in [-0.2, -0.15) is 0 Å². The molecule has 0 saturated carbocycles. The van der Waals surface area contributed by atoms with Gasteiger partial charge in [-0.1, -0.05) is 46.3 Å². The van der Waals surface area contributed by atoms with E-state index in [9.17, 15) is 4.79 Å². The number of methoxy groups -OCH3 is 1. The van der Waals surface area contributed by atoms with Gasteiger partial charge in [0.25, 0.3) is 0 Å². The summed E-state index contributed by atoms with van der Waals surface area (Å²) in [5.74, 6) is 0.596. The third-order valence-electron chi connectivity index (χ3n) is 5.43. The zero-order valence-corrected chi connectivity index (χ0v) is 15.8. The maximum atomic E-state index is 12.1. The quantitative estimate of drug-likeness (QED) is 0.546. The Morgan fingerprint density at radius 3 is 2.68 bits per heavy atom. The van der Waals surface area contributed by atoms with Crippen LogP contribution in [0.15, 0.2) is 53.0 Å². The summed E-state index contributed by atoms with van der Waals surface area (Å²) >= 11 is 3.51. The van der Waals surface area contributed by atoms with Crippen LogP contribution < -0.4 is 5.32 Å². The largest absolute Gasteiger partial charge is 0.465 e. The Morgan fingerprint density at radius 1 is 1.20 bits per heavy atom. The Balaban J connectivity index is 1.81. The second kappa shape index (κ2) is 6.34. The summed E-state index contributed by atoms with van der Waals surface area (Å²) in [6.45, 7) is 2.00. The lowest BCUT2D eigenvalue weighted by Gasteiger charge is -2.38. The van der Waals surface area contributed by atoms with Crippen LogP contribution >= 0.6 is 15.9 Å². The highest BCUT2D eigenvalue weighted by atomic mass is 79.9. The van der Waals surface area contributed by atoms with Gasteiger partial charge >= 0.3 is 5.97 Å². The van der Waals surface area contributed by atoms with Gasteiger partial charge in [0.1, 0.15) is 0 Å². The molecule has 2 aromatic rings. The molecule has 0 fully saturated rings. The number of halogens is 1. The maximum absolute atomic E-state index is 12.1. The number of allylic oxidation sites excluding steroid dienone is 2. The number of carbonyl (C=O) groups is 1. The van der Waals surface area contributed by atoms with Crippen molar-refractivity contribution in [3.05, 3.63) is 75.3 Å². The van der Waals surface area contributed by atoms with E-state index in [0.29, 0.717) is 17.4 Å². The van der Waals surface area contributed by atoms with E-state index in [1.165, 1.54) is 18.2 Å². The second-order valence-corrected chi connectivity index (χ2v) is 7.64.